The smallest absolute Gasteiger partial charge is 0.303 e. The average Bonchev–Trinajstić information content (AvgIpc) is 2.86. The summed E-state index contributed by atoms with van der Waals surface area (Å²) in [6.07, 6.45) is 0.372. The number of carboxylic acids is 1. The van der Waals surface area contributed by atoms with Crippen molar-refractivity contribution in [3.05, 3.63) is 54.1 Å². The number of carbonyl (C=O) groups is 1. The van der Waals surface area contributed by atoms with E-state index in [1.165, 1.54) is 0 Å². The Bertz CT molecular complexity index is 860. The highest BCUT2D eigenvalue weighted by Gasteiger charge is 2.15. The molecule has 0 aliphatic rings. The van der Waals surface area contributed by atoms with Crippen molar-refractivity contribution in [2.45, 2.75) is 19.4 Å². The van der Waals surface area contributed by atoms with Crippen LogP contribution in [0.1, 0.15) is 12.8 Å². The van der Waals surface area contributed by atoms with Crippen LogP contribution in [0.5, 0.6) is 0 Å². The Morgan fingerprint density at radius 2 is 1.83 bits per heavy atom. The van der Waals surface area contributed by atoms with Gasteiger partial charge in [0, 0.05) is 30.7 Å². The molecular weight excluding hydrogens is 302 g/mol. The van der Waals surface area contributed by atoms with E-state index < -0.39 is 17.6 Å². The molecule has 0 saturated carbocycles. The zero-order valence-electron chi connectivity index (χ0n) is 12.2. The Morgan fingerprint density at radius 3 is 2.52 bits per heavy atom. The van der Waals surface area contributed by atoms with Gasteiger partial charge in [0.05, 0.1) is 11.0 Å². The minimum absolute atomic E-state index is 0.00240. The summed E-state index contributed by atoms with van der Waals surface area (Å²) in [5, 5.41) is 8.79. The van der Waals surface area contributed by atoms with Gasteiger partial charge in [-0.25, -0.2) is 13.8 Å². The van der Waals surface area contributed by atoms with E-state index in [4.69, 9.17) is 5.11 Å². The van der Waals surface area contributed by atoms with Gasteiger partial charge in [-0.1, -0.05) is 30.3 Å². The van der Waals surface area contributed by atoms with Crippen LogP contribution in [0.2, 0.25) is 0 Å². The van der Waals surface area contributed by atoms with E-state index >= 15 is 0 Å². The van der Waals surface area contributed by atoms with Gasteiger partial charge in [-0.2, -0.15) is 0 Å². The van der Waals surface area contributed by atoms with E-state index in [0.717, 1.165) is 17.7 Å². The second-order valence-corrected chi connectivity index (χ2v) is 5.21. The molecule has 3 aromatic rings. The molecular formula is C17H14F2N2O2. The third-order valence-corrected chi connectivity index (χ3v) is 3.59. The topological polar surface area (TPSA) is 55.1 Å². The van der Waals surface area contributed by atoms with E-state index in [2.05, 4.69) is 4.98 Å². The fourth-order valence-electron chi connectivity index (χ4n) is 2.54. The zero-order valence-corrected chi connectivity index (χ0v) is 12.2. The molecule has 0 saturated heterocycles. The normalized spacial score (nSPS) is 11.0. The van der Waals surface area contributed by atoms with Crippen LogP contribution in [-0.4, -0.2) is 20.6 Å². The number of aromatic nitrogens is 2. The van der Waals surface area contributed by atoms with Crippen LogP contribution in [0, 0.1) is 11.6 Å². The third kappa shape index (κ3) is 3.06. The zero-order chi connectivity index (χ0) is 16.4. The second kappa shape index (κ2) is 6.16. The van der Waals surface area contributed by atoms with E-state index in [-0.39, 0.29) is 6.42 Å². The van der Waals surface area contributed by atoms with Gasteiger partial charge >= 0.3 is 5.97 Å². The van der Waals surface area contributed by atoms with E-state index in [1.807, 2.05) is 30.3 Å². The SMILES string of the molecule is O=C(O)CCCn1c(-c2ccccc2)nc2cc(F)c(F)cc21. The summed E-state index contributed by atoms with van der Waals surface area (Å²) < 4.78 is 28.8. The quantitative estimate of drug-likeness (QED) is 0.778. The lowest BCUT2D eigenvalue weighted by Crippen LogP contribution is -2.04. The molecule has 118 valence electrons. The lowest BCUT2D eigenvalue weighted by molar-refractivity contribution is -0.137. The van der Waals surface area contributed by atoms with Crippen molar-refractivity contribution < 1.29 is 18.7 Å². The molecule has 0 spiro atoms. The van der Waals surface area contributed by atoms with Gasteiger partial charge in [-0.15, -0.1) is 0 Å². The van der Waals surface area contributed by atoms with Crippen molar-refractivity contribution in [3.8, 4) is 11.4 Å². The number of hydrogen-bond acceptors (Lipinski definition) is 2. The summed E-state index contributed by atoms with van der Waals surface area (Å²) in [6.45, 7) is 0.359. The maximum absolute atomic E-state index is 13.6. The first-order chi connectivity index (χ1) is 11.1. The molecule has 3 rings (SSSR count). The number of fused-ring (bicyclic) bond motifs is 1. The largest absolute Gasteiger partial charge is 0.481 e. The Balaban J connectivity index is 2.11. The molecule has 0 unspecified atom stereocenters. The monoisotopic (exact) mass is 316 g/mol. The van der Waals surface area contributed by atoms with Gasteiger partial charge < -0.3 is 9.67 Å². The number of nitrogens with zero attached hydrogens (tertiary/aromatic N) is 2. The maximum Gasteiger partial charge on any atom is 0.303 e. The number of aryl methyl sites for hydroxylation is 1. The van der Waals surface area contributed by atoms with Gasteiger partial charge in [0.15, 0.2) is 11.6 Å². The molecule has 6 heteroatoms. The van der Waals surface area contributed by atoms with Crippen LogP contribution >= 0.6 is 0 Å². The molecule has 2 aromatic carbocycles. The number of benzene rings is 2. The summed E-state index contributed by atoms with van der Waals surface area (Å²) in [4.78, 5) is 15.1. The number of imidazole rings is 1. The number of hydrogen-bond donors (Lipinski definition) is 1. The van der Waals surface area contributed by atoms with Gasteiger partial charge in [0.1, 0.15) is 5.82 Å². The van der Waals surface area contributed by atoms with E-state index in [0.29, 0.717) is 29.8 Å². The molecule has 0 radical (unpaired) electrons. The standard InChI is InChI=1S/C17H14F2N2O2/c18-12-9-14-15(10-13(12)19)21(8-4-7-16(22)23)17(20-14)11-5-2-1-3-6-11/h1-3,5-6,9-10H,4,7-8H2,(H,22,23). The molecule has 0 fully saturated rings. The van der Waals surface area contributed by atoms with Gasteiger partial charge in [-0.3, -0.25) is 4.79 Å². The number of rotatable bonds is 5. The molecule has 1 N–H and O–H groups in total. The van der Waals surface area contributed by atoms with Crippen LogP contribution in [0.15, 0.2) is 42.5 Å². The third-order valence-electron chi connectivity index (χ3n) is 3.59. The highest BCUT2D eigenvalue weighted by Crippen LogP contribution is 2.27. The fourth-order valence-corrected chi connectivity index (χ4v) is 2.54. The van der Waals surface area contributed by atoms with Gasteiger partial charge in [0.2, 0.25) is 0 Å². The van der Waals surface area contributed by atoms with E-state index in [9.17, 15) is 13.6 Å². The Kier molecular flexibility index (Phi) is 4.06. The molecule has 0 amide bonds. The van der Waals surface area contributed by atoms with Crippen molar-refractivity contribution >= 4 is 17.0 Å². The molecule has 23 heavy (non-hydrogen) atoms. The van der Waals surface area contributed by atoms with Crippen LogP contribution in [-0.2, 0) is 11.3 Å². The van der Waals surface area contributed by atoms with Crippen molar-refractivity contribution in [2.75, 3.05) is 0 Å². The molecule has 0 atom stereocenters. The van der Waals surface area contributed by atoms with Crippen LogP contribution in [0.25, 0.3) is 22.4 Å². The lowest BCUT2D eigenvalue weighted by Gasteiger charge is -2.08. The van der Waals surface area contributed by atoms with Crippen molar-refractivity contribution in [1.82, 2.24) is 9.55 Å². The Hall–Kier alpha value is -2.76. The van der Waals surface area contributed by atoms with Crippen LogP contribution < -0.4 is 0 Å². The molecule has 1 aromatic heterocycles. The second-order valence-electron chi connectivity index (χ2n) is 5.21. The molecule has 4 nitrogen and oxygen atoms in total. The van der Waals surface area contributed by atoms with Gasteiger partial charge in [0.25, 0.3) is 0 Å². The Morgan fingerprint density at radius 1 is 1.13 bits per heavy atom. The van der Waals surface area contributed by atoms with Crippen LogP contribution in [0.3, 0.4) is 0 Å². The summed E-state index contributed by atoms with van der Waals surface area (Å²) >= 11 is 0. The average molecular weight is 316 g/mol. The first-order valence-electron chi connectivity index (χ1n) is 7.19. The first-order valence-corrected chi connectivity index (χ1v) is 7.19. The van der Waals surface area contributed by atoms with Crippen LogP contribution in [0.4, 0.5) is 8.78 Å². The molecule has 0 aliphatic carbocycles. The maximum atomic E-state index is 13.6. The van der Waals surface area contributed by atoms with Crippen molar-refractivity contribution in [1.29, 1.82) is 0 Å². The predicted octanol–water partition coefficient (Wildman–Crippen LogP) is 3.85. The highest BCUT2D eigenvalue weighted by atomic mass is 19.2. The van der Waals surface area contributed by atoms with Gasteiger partial charge in [-0.05, 0) is 6.42 Å². The number of halogens is 2. The van der Waals surface area contributed by atoms with Crippen molar-refractivity contribution in [2.24, 2.45) is 0 Å². The summed E-state index contributed by atoms with van der Waals surface area (Å²) in [5.74, 6) is -2.23. The highest BCUT2D eigenvalue weighted by molar-refractivity contribution is 5.81. The minimum Gasteiger partial charge on any atom is -0.481 e. The first kappa shape index (κ1) is 15.1. The number of carboxylic acid groups (broad SMARTS) is 1. The summed E-state index contributed by atoms with van der Waals surface area (Å²) in [5.41, 5.74) is 1.60. The molecule has 0 aliphatic heterocycles. The molecule has 0 bridgehead atoms. The lowest BCUT2D eigenvalue weighted by atomic mass is 10.2. The number of aliphatic carboxylic acids is 1. The summed E-state index contributed by atoms with van der Waals surface area (Å²) in [6, 6.07) is 11.4. The Labute approximate surface area is 131 Å². The molecule has 1 heterocycles. The van der Waals surface area contributed by atoms with Crippen molar-refractivity contribution in [3.63, 3.8) is 0 Å². The minimum atomic E-state index is -0.952. The summed E-state index contributed by atoms with van der Waals surface area (Å²) in [7, 11) is 0. The van der Waals surface area contributed by atoms with E-state index in [1.54, 1.807) is 4.57 Å². The fraction of sp³-hybridized carbons (Fsp3) is 0.176. The predicted molar refractivity (Wildman–Crippen MR) is 82.0 cm³/mol.